The smallest absolute Gasteiger partial charge is 0.485 e. The van der Waals surface area contributed by atoms with E-state index in [-0.39, 0.29) is 19.3 Å². The Labute approximate surface area is 103 Å². The van der Waals surface area contributed by atoms with Crippen LogP contribution in [0.2, 0.25) is 0 Å². The quantitative estimate of drug-likeness (QED) is 0.610. The molecular formula is C11H12O5S. The van der Waals surface area contributed by atoms with Crippen molar-refractivity contribution in [1.82, 2.24) is 0 Å². The first-order valence-corrected chi connectivity index (χ1v) is 6.00. The Morgan fingerprint density at radius 2 is 2.35 bits per heavy atom. The second-order valence-corrected chi connectivity index (χ2v) is 4.06. The van der Waals surface area contributed by atoms with Gasteiger partial charge in [0.25, 0.3) is 0 Å². The number of hydrogen-bond acceptors (Lipinski definition) is 6. The van der Waals surface area contributed by atoms with Gasteiger partial charge in [-0.25, -0.2) is 4.79 Å². The normalized spacial score (nSPS) is 17.3. The second-order valence-electron chi connectivity index (χ2n) is 3.31. The van der Waals surface area contributed by atoms with Gasteiger partial charge in [0.1, 0.15) is 19.8 Å². The van der Waals surface area contributed by atoms with Crippen LogP contribution in [0.3, 0.4) is 0 Å². The summed E-state index contributed by atoms with van der Waals surface area (Å²) in [7, 11) is 0. The van der Waals surface area contributed by atoms with Gasteiger partial charge < -0.3 is 18.9 Å². The molecule has 0 aliphatic carbocycles. The van der Waals surface area contributed by atoms with Crippen LogP contribution < -0.4 is 9.47 Å². The molecule has 1 aromatic rings. The minimum atomic E-state index is -0.732. The van der Waals surface area contributed by atoms with E-state index < -0.39 is 6.16 Å². The van der Waals surface area contributed by atoms with Crippen molar-refractivity contribution in [2.75, 3.05) is 19.8 Å². The molecule has 1 atom stereocenters. The topological polar surface area (TPSA) is 54.0 Å². The highest BCUT2D eigenvalue weighted by molar-refractivity contribution is 7.08. The lowest BCUT2D eigenvalue weighted by Gasteiger charge is -2.23. The standard InChI is InChI=1S/C11H12O5S/c1-2-3-13-11(12)15-5-8-4-14-9-6-17-7-10(9)16-8/h2,6-8H,1,3-5H2. The molecule has 1 aliphatic heterocycles. The van der Waals surface area contributed by atoms with Crippen LogP contribution in [0.4, 0.5) is 4.79 Å². The number of ether oxygens (including phenoxy) is 4. The molecule has 17 heavy (non-hydrogen) atoms. The first kappa shape index (κ1) is 11.8. The Kier molecular flexibility index (Phi) is 3.87. The van der Waals surface area contributed by atoms with E-state index in [0.717, 1.165) is 5.75 Å². The average molecular weight is 256 g/mol. The number of carbonyl (C=O) groups excluding carboxylic acids is 1. The molecule has 5 nitrogen and oxygen atoms in total. The minimum absolute atomic E-state index is 0.102. The minimum Gasteiger partial charge on any atom is -0.485 e. The molecule has 0 aromatic carbocycles. The van der Waals surface area contributed by atoms with E-state index in [1.165, 1.54) is 17.4 Å². The Morgan fingerprint density at radius 1 is 1.53 bits per heavy atom. The van der Waals surface area contributed by atoms with Gasteiger partial charge in [-0.1, -0.05) is 12.7 Å². The third kappa shape index (κ3) is 3.13. The SMILES string of the molecule is C=CCOC(=O)OCC1COc2cscc2O1. The molecule has 2 rings (SSSR count). The third-order valence-corrected chi connectivity index (χ3v) is 2.72. The predicted molar refractivity (Wildman–Crippen MR) is 61.7 cm³/mol. The van der Waals surface area contributed by atoms with Crippen LogP contribution in [0.25, 0.3) is 0 Å². The summed E-state index contributed by atoms with van der Waals surface area (Å²) in [5.74, 6) is 1.43. The van der Waals surface area contributed by atoms with E-state index in [1.54, 1.807) is 0 Å². The summed E-state index contributed by atoms with van der Waals surface area (Å²) in [6, 6.07) is 0. The molecule has 0 bridgehead atoms. The molecule has 2 heterocycles. The number of carbonyl (C=O) groups is 1. The molecular weight excluding hydrogens is 244 g/mol. The number of fused-ring (bicyclic) bond motifs is 1. The number of hydrogen-bond donors (Lipinski definition) is 0. The van der Waals surface area contributed by atoms with Gasteiger partial charge >= 0.3 is 6.16 Å². The molecule has 1 aromatic heterocycles. The Balaban J connectivity index is 1.74. The average Bonchev–Trinajstić information content (AvgIpc) is 2.81. The largest absolute Gasteiger partial charge is 0.508 e. The molecule has 1 aliphatic rings. The molecule has 0 radical (unpaired) electrons. The molecule has 0 saturated carbocycles. The van der Waals surface area contributed by atoms with Gasteiger partial charge in [0.05, 0.1) is 0 Å². The third-order valence-electron chi connectivity index (χ3n) is 2.02. The molecule has 0 N–H and O–H groups in total. The fraction of sp³-hybridized carbons (Fsp3) is 0.364. The van der Waals surface area contributed by atoms with Crippen molar-refractivity contribution >= 4 is 17.5 Å². The fourth-order valence-corrected chi connectivity index (χ4v) is 1.94. The van der Waals surface area contributed by atoms with Gasteiger partial charge in [0.2, 0.25) is 0 Å². The summed E-state index contributed by atoms with van der Waals surface area (Å²) in [5.41, 5.74) is 0. The van der Waals surface area contributed by atoms with E-state index in [9.17, 15) is 4.79 Å². The molecule has 92 valence electrons. The molecule has 0 spiro atoms. The van der Waals surface area contributed by atoms with Crippen LogP contribution in [-0.2, 0) is 9.47 Å². The summed E-state index contributed by atoms with van der Waals surface area (Å²) in [5, 5.41) is 3.71. The van der Waals surface area contributed by atoms with Crippen molar-refractivity contribution in [3.63, 3.8) is 0 Å². The zero-order chi connectivity index (χ0) is 12.1. The van der Waals surface area contributed by atoms with Crippen molar-refractivity contribution < 1.29 is 23.7 Å². The van der Waals surface area contributed by atoms with Gasteiger partial charge in [-0.3, -0.25) is 0 Å². The first-order valence-electron chi connectivity index (χ1n) is 5.05. The van der Waals surface area contributed by atoms with Gasteiger partial charge in [0.15, 0.2) is 17.6 Å². The number of thiophene rings is 1. The van der Waals surface area contributed by atoms with Crippen LogP contribution in [0.5, 0.6) is 11.5 Å². The fourth-order valence-electron chi connectivity index (χ4n) is 1.27. The Bertz CT molecular complexity index is 400. The summed E-state index contributed by atoms with van der Waals surface area (Å²) in [4.78, 5) is 11.1. The maximum absolute atomic E-state index is 11.1. The highest BCUT2D eigenvalue weighted by atomic mass is 32.1. The van der Waals surface area contributed by atoms with E-state index in [1.807, 2.05) is 10.8 Å². The first-order chi connectivity index (χ1) is 8.29. The van der Waals surface area contributed by atoms with E-state index in [4.69, 9.17) is 14.2 Å². The second kappa shape index (κ2) is 5.58. The summed E-state index contributed by atoms with van der Waals surface area (Å²) in [6.45, 7) is 4.02. The highest BCUT2D eigenvalue weighted by Crippen LogP contribution is 2.35. The zero-order valence-electron chi connectivity index (χ0n) is 9.09. The molecule has 1 unspecified atom stereocenters. The van der Waals surface area contributed by atoms with Crippen molar-refractivity contribution in [3.05, 3.63) is 23.4 Å². The van der Waals surface area contributed by atoms with Crippen molar-refractivity contribution in [2.24, 2.45) is 0 Å². The lowest BCUT2D eigenvalue weighted by atomic mass is 10.3. The van der Waals surface area contributed by atoms with Crippen molar-refractivity contribution in [2.45, 2.75) is 6.10 Å². The monoisotopic (exact) mass is 256 g/mol. The molecule has 0 amide bonds. The van der Waals surface area contributed by atoms with E-state index in [2.05, 4.69) is 11.3 Å². The molecule has 0 saturated heterocycles. The van der Waals surface area contributed by atoms with Crippen LogP contribution in [0.1, 0.15) is 0 Å². The summed E-state index contributed by atoms with van der Waals surface area (Å²) in [6.07, 6.45) is 0.442. The lowest BCUT2D eigenvalue weighted by molar-refractivity contribution is 0.00652. The zero-order valence-corrected chi connectivity index (χ0v) is 9.90. The van der Waals surface area contributed by atoms with Crippen LogP contribution in [-0.4, -0.2) is 32.1 Å². The number of rotatable bonds is 4. The summed E-state index contributed by atoms with van der Waals surface area (Å²) >= 11 is 1.50. The lowest BCUT2D eigenvalue weighted by Crippen LogP contribution is -2.33. The van der Waals surface area contributed by atoms with Gasteiger partial charge in [-0.2, -0.15) is 0 Å². The van der Waals surface area contributed by atoms with Crippen LogP contribution in [0, 0.1) is 0 Å². The maximum Gasteiger partial charge on any atom is 0.508 e. The van der Waals surface area contributed by atoms with Gasteiger partial charge in [-0.15, -0.1) is 11.3 Å². The maximum atomic E-state index is 11.1. The molecule has 0 fully saturated rings. The van der Waals surface area contributed by atoms with E-state index in [0.29, 0.717) is 12.4 Å². The molecule has 6 heteroatoms. The Hall–Kier alpha value is -1.69. The Morgan fingerprint density at radius 3 is 3.18 bits per heavy atom. The van der Waals surface area contributed by atoms with Crippen molar-refractivity contribution in [1.29, 1.82) is 0 Å². The van der Waals surface area contributed by atoms with Gasteiger partial charge in [0, 0.05) is 10.8 Å². The van der Waals surface area contributed by atoms with Gasteiger partial charge in [-0.05, 0) is 0 Å². The highest BCUT2D eigenvalue weighted by Gasteiger charge is 2.23. The van der Waals surface area contributed by atoms with Crippen LogP contribution in [0.15, 0.2) is 23.4 Å². The van der Waals surface area contributed by atoms with Crippen molar-refractivity contribution in [3.8, 4) is 11.5 Å². The summed E-state index contributed by atoms with van der Waals surface area (Å²) < 4.78 is 20.5. The predicted octanol–water partition coefficient (Wildman–Crippen LogP) is 2.23. The van der Waals surface area contributed by atoms with Crippen LogP contribution >= 0.6 is 11.3 Å². The van der Waals surface area contributed by atoms with E-state index >= 15 is 0 Å².